The molecule has 1 fully saturated rings. The van der Waals surface area contributed by atoms with Crippen LogP contribution in [0.3, 0.4) is 0 Å². The van der Waals surface area contributed by atoms with Crippen molar-refractivity contribution in [3.63, 3.8) is 0 Å². The third kappa shape index (κ3) is 2.31. The third-order valence-corrected chi connectivity index (χ3v) is 3.38. The van der Waals surface area contributed by atoms with Gasteiger partial charge in [0.05, 0.1) is 13.2 Å². The smallest absolute Gasteiger partial charge is 0.317 e. The lowest BCUT2D eigenvalue weighted by atomic mass is 9.93. The maximum Gasteiger partial charge on any atom is 0.317 e. The molecule has 2 rings (SSSR count). The number of hydrogen-bond donors (Lipinski definition) is 1. The van der Waals surface area contributed by atoms with Gasteiger partial charge in [-0.25, -0.2) is 0 Å². The lowest BCUT2D eigenvalue weighted by Crippen LogP contribution is -3.00. The van der Waals surface area contributed by atoms with Crippen LogP contribution in [0.5, 0.6) is 0 Å². The van der Waals surface area contributed by atoms with Gasteiger partial charge in [-0.1, -0.05) is 30.3 Å². The molecule has 1 aliphatic carbocycles. The van der Waals surface area contributed by atoms with Gasteiger partial charge in [0.1, 0.15) is 5.41 Å². The summed E-state index contributed by atoms with van der Waals surface area (Å²) in [5, 5.41) is 0. The van der Waals surface area contributed by atoms with Gasteiger partial charge in [0.2, 0.25) is 0 Å². The normalized spacial score (nSPS) is 25.9. The Hall–Kier alpha value is -1.06. The quantitative estimate of drug-likeness (QED) is 0.619. The Kier molecular flexibility index (Phi) is 4.54. The molecular formula is C13H18ClNO2. The molecule has 2 atom stereocenters. The maximum absolute atomic E-state index is 12.0. The summed E-state index contributed by atoms with van der Waals surface area (Å²) in [7, 11) is 0. The Morgan fingerprint density at radius 1 is 1.47 bits per heavy atom. The molecule has 0 amide bonds. The summed E-state index contributed by atoms with van der Waals surface area (Å²) in [6, 6.07) is 9.91. The standard InChI is InChI=1S/C13H17NO2.ClH/c1-2-16-12(15)13(8-11(13)9-14)10-6-4-3-5-7-10;/h3-7,11H,2,8-9,14H2,1H3;1H. The molecule has 0 saturated heterocycles. The van der Waals surface area contributed by atoms with Crippen molar-refractivity contribution < 1.29 is 27.7 Å². The molecular weight excluding hydrogens is 238 g/mol. The van der Waals surface area contributed by atoms with Gasteiger partial charge in [-0.05, 0) is 18.9 Å². The van der Waals surface area contributed by atoms with Crippen LogP contribution in [0.4, 0.5) is 0 Å². The van der Waals surface area contributed by atoms with Gasteiger partial charge in [-0.15, -0.1) is 0 Å². The van der Waals surface area contributed by atoms with E-state index in [0.29, 0.717) is 12.5 Å². The first-order valence-corrected chi connectivity index (χ1v) is 5.77. The number of carbonyl (C=O) groups is 1. The second-order valence-electron chi connectivity index (χ2n) is 4.25. The molecule has 1 saturated carbocycles. The Bertz CT molecular complexity index is 382. The third-order valence-electron chi connectivity index (χ3n) is 3.38. The number of halogens is 1. The van der Waals surface area contributed by atoms with Crippen LogP contribution in [0, 0.1) is 5.92 Å². The highest BCUT2D eigenvalue weighted by atomic mass is 35.5. The van der Waals surface area contributed by atoms with Crippen LogP contribution >= 0.6 is 0 Å². The summed E-state index contributed by atoms with van der Waals surface area (Å²) in [6.45, 7) is 3.07. The van der Waals surface area contributed by atoms with Crippen LogP contribution in [0.1, 0.15) is 18.9 Å². The minimum Gasteiger partial charge on any atom is -1.00 e. The fraction of sp³-hybridized carbons (Fsp3) is 0.462. The van der Waals surface area contributed by atoms with E-state index in [1.807, 2.05) is 37.3 Å². The molecule has 0 radical (unpaired) electrons. The number of carbonyl (C=O) groups excluding carboxylic acids is 1. The lowest BCUT2D eigenvalue weighted by Gasteiger charge is -2.15. The van der Waals surface area contributed by atoms with E-state index in [1.165, 1.54) is 0 Å². The van der Waals surface area contributed by atoms with Gasteiger partial charge in [0.25, 0.3) is 0 Å². The minimum absolute atomic E-state index is 0. The molecule has 1 aromatic carbocycles. The number of benzene rings is 1. The number of hydrogen-bond acceptors (Lipinski definition) is 2. The number of esters is 1. The molecule has 0 spiro atoms. The first-order chi connectivity index (χ1) is 7.75. The topological polar surface area (TPSA) is 53.9 Å². The molecule has 0 aliphatic heterocycles. The molecule has 3 nitrogen and oxygen atoms in total. The second-order valence-corrected chi connectivity index (χ2v) is 4.25. The second kappa shape index (κ2) is 5.52. The fourth-order valence-corrected chi connectivity index (χ4v) is 2.40. The van der Waals surface area contributed by atoms with Crippen molar-refractivity contribution in [1.29, 1.82) is 0 Å². The molecule has 3 N–H and O–H groups in total. The van der Waals surface area contributed by atoms with E-state index < -0.39 is 5.41 Å². The van der Waals surface area contributed by atoms with Crippen molar-refractivity contribution in [1.82, 2.24) is 0 Å². The molecule has 94 valence electrons. The largest absolute Gasteiger partial charge is 1.00 e. The zero-order valence-corrected chi connectivity index (χ0v) is 10.7. The Morgan fingerprint density at radius 3 is 2.59 bits per heavy atom. The molecule has 0 heterocycles. The van der Waals surface area contributed by atoms with Crippen LogP contribution in [-0.4, -0.2) is 19.1 Å². The summed E-state index contributed by atoms with van der Waals surface area (Å²) >= 11 is 0. The van der Waals surface area contributed by atoms with Gasteiger partial charge in [-0.2, -0.15) is 0 Å². The van der Waals surface area contributed by atoms with E-state index in [2.05, 4.69) is 5.73 Å². The maximum atomic E-state index is 12.0. The van der Waals surface area contributed by atoms with Crippen LogP contribution in [-0.2, 0) is 14.9 Å². The SMILES string of the molecule is CCOC(=O)C1(c2ccccc2)CC1C[NH3+].[Cl-]. The van der Waals surface area contributed by atoms with E-state index >= 15 is 0 Å². The van der Waals surface area contributed by atoms with E-state index in [0.717, 1.165) is 18.5 Å². The Morgan fingerprint density at radius 2 is 2.12 bits per heavy atom. The van der Waals surface area contributed by atoms with Crippen molar-refractivity contribution in [2.24, 2.45) is 5.92 Å². The van der Waals surface area contributed by atoms with Crippen molar-refractivity contribution >= 4 is 5.97 Å². The van der Waals surface area contributed by atoms with E-state index in [4.69, 9.17) is 4.74 Å². The van der Waals surface area contributed by atoms with Gasteiger partial charge < -0.3 is 22.9 Å². The molecule has 4 heteroatoms. The highest BCUT2D eigenvalue weighted by molar-refractivity contribution is 5.87. The fourth-order valence-electron chi connectivity index (χ4n) is 2.40. The lowest BCUT2D eigenvalue weighted by molar-refractivity contribution is -0.373. The zero-order chi connectivity index (χ0) is 11.6. The average Bonchev–Trinajstić information content (AvgIpc) is 3.06. The van der Waals surface area contributed by atoms with Crippen molar-refractivity contribution in [2.45, 2.75) is 18.8 Å². The number of ether oxygens (including phenoxy) is 1. The van der Waals surface area contributed by atoms with Gasteiger partial charge in [-0.3, -0.25) is 4.79 Å². The minimum atomic E-state index is -0.404. The van der Waals surface area contributed by atoms with Crippen LogP contribution in [0.2, 0.25) is 0 Å². The van der Waals surface area contributed by atoms with Crippen LogP contribution in [0.15, 0.2) is 30.3 Å². The summed E-state index contributed by atoms with van der Waals surface area (Å²) < 4.78 is 5.19. The summed E-state index contributed by atoms with van der Waals surface area (Å²) in [4.78, 5) is 12.0. The average molecular weight is 256 g/mol. The highest BCUT2D eigenvalue weighted by Gasteiger charge is 2.62. The highest BCUT2D eigenvalue weighted by Crippen LogP contribution is 2.54. The van der Waals surface area contributed by atoms with Crippen LogP contribution in [0.25, 0.3) is 0 Å². The van der Waals surface area contributed by atoms with Crippen molar-refractivity contribution in [3.05, 3.63) is 35.9 Å². The summed E-state index contributed by atoms with van der Waals surface area (Å²) in [5.74, 6) is 0.254. The molecule has 1 aliphatic rings. The molecule has 0 bridgehead atoms. The van der Waals surface area contributed by atoms with Crippen LogP contribution < -0.4 is 18.1 Å². The van der Waals surface area contributed by atoms with E-state index in [9.17, 15) is 4.79 Å². The summed E-state index contributed by atoms with van der Waals surface area (Å²) in [6.07, 6.45) is 0.874. The van der Waals surface area contributed by atoms with E-state index in [-0.39, 0.29) is 18.4 Å². The molecule has 2 unspecified atom stereocenters. The van der Waals surface area contributed by atoms with Gasteiger partial charge in [0.15, 0.2) is 0 Å². The predicted octanol–water partition coefficient (Wildman–Crippen LogP) is -2.25. The Balaban J connectivity index is 0.00000144. The first-order valence-electron chi connectivity index (χ1n) is 5.77. The van der Waals surface area contributed by atoms with Crippen molar-refractivity contribution in [3.8, 4) is 0 Å². The van der Waals surface area contributed by atoms with Crippen molar-refractivity contribution in [2.75, 3.05) is 13.2 Å². The van der Waals surface area contributed by atoms with Gasteiger partial charge >= 0.3 is 5.97 Å². The predicted molar refractivity (Wildman–Crippen MR) is 60.6 cm³/mol. The molecule has 17 heavy (non-hydrogen) atoms. The zero-order valence-electron chi connectivity index (χ0n) is 9.99. The van der Waals surface area contributed by atoms with Gasteiger partial charge in [0, 0.05) is 5.92 Å². The number of rotatable bonds is 4. The number of quaternary nitrogens is 1. The Labute approximate surface area is 108 Å². The molecule has 0 aromatic heterocycles. The molecule has 1 aromatic rings. The van der Waals surface area contributed by atoms with E-state index in [1.54, 1.807) is 0 Å². The first kappa shape index (κ1) is 14.0. The summed E-state index contributed by atoms with van der Waals surface area (Å²) in [5.41, 5.74) is 4.57. The monoisotopic (exact) mass is 255 g/mol.